The number of aromatic nitrogens is 1. The maximum Gasteiger partial charge on any atom is 0.271 e. The second kappa shape index (κ2) is 9.76. The van der Waals surface area contributed by atoms with E-state index in [1.54, 1.807) is 25.4 Å². The molecular weight excluding hydrogens is 458 g/mol. The Morgan fingerprint density at radius 1 is 1.08 bits per heavy atom. The number of hydrogen-bond donors (Lipinski definition) is 1. The first-order valence-electron chi connectivity index (χ1n) is 12.5. The second-order valence-electron chi connectivity index (χ2n) is 9.79. The number of fused-ring (bicyclic) bond motifs is 1. The van der Waals surface area contributed by atoms with Gasteiger partial charge in [-0.05, 0) is 68.1 Å². The molecule has 0 saturated heterocycles. The first-order chi connectivity index (χ1) is 17.4. The molecule has 2 amide bonds. The van der Waals surface area contributed by atoms with Crippen molar-refractivity contribution < 1.29 is 23.5 Å². The minimum atomic E-state index is -1.05. The average Bonchev–Trinajstić information content (AvgIpc) is 3.65. The summed E-state index contributed by atoms with van der Waals surface area (Å²) in [7, 11) is 3.20. The molecule has 1 aromatic carbocycles. The summed E-state index contributed by atoms with van der Waals surface area (Å²) >= 11 is 0. The van der Waals surface area contributed by atoms with E-state index in [9.17, 15) is 9.59 Å². The van der Waals surface area contributed by atoms with Gasteiger partial charge in [-0.1, -0.05) is 18.9 Å². The van der Waals surface area contributed by atoms with E-state index in [4.69, 9.17) is 13.9 Å². The van der Waals surface area contributed by atoms with Gasteiger partial charge >= 0.3 is 0 Å². The molecule has 1 N–H and O–H groups in total. The van der Waals surface area contributed by atoms with Crippen LogP contribution in [-0.2, 0) is 17.8 Å². The summed E-state index contributed by atoms with van der Waals surface area (Å²) in [4.78, 5) is 29.4. The highest BCUT2D eigenvalue weighted by molar-refractivity contribution is 6.00. The van der Waals surface area contributed by atoms with Crippen molar-refractivity contribution in [3.8, 4) is 23.0 Å². The summed E-state index contributed by atoms with van der Waals surface area (Å²) in [6, 6.07) is 13.3. The van der Waals surface area contributed by atoms with Crippen LogP contribution in [0.5, 0.6) is 11.5 Å². The Hall–Kier alpha value is -3.68. The number of ether oxygens (including phenoxy) is 2. The van der Waals surface area contributed by atoms with Gasteiger partial charge in [-0.15, -0.1) is 0 Å². The SMILES string of the molecule is COc1ccc(CCN2C(=O)c3ccc(-c4ccco4)n3C[C@]2(C)C(=O)NC2CCCC2)cc1OC. The molecule has 0 radical (unpaired) electrons. The normalized spacial score (nSPS) is 19.9. The number of methoxy groups -OCH3 is 2. The van der Waals surface area contributed by atoms with Crippen LogP contribution in [0.3, 0.4) is 0 Å². The Labute approximate surface area is 211 Å². The molecule has 36 heavy (non-hydrogen) atoms. The van der Waals surface area contributed by atoms with Crippen molar-refractivity contribution in [2.45, 2.75) is 57.2 Å². The zero-order chi connectivity index (χ0) is 25.3. The molecule has 5 rings (SSSR count). The predicted molar refractivity (Wildman–Crippen MR) is 135 cm³/mol. The Bertz CT molecular complexity index is 1240. The molecule has 0 unspecified atom stereocenters. The molecule has 1 aliphatic carbocycles. The van der Waals surface area contributed by atoms with Crippen LogP contribution in [0, 0.1) is 0 Å². The van der Waals surface area contributed by atoms with Gasteiger partial charge in [0.15, 0.2) is 11.5 Å². The van der Waals surface area contributed by atoms with Crippen molar-refractivity contribution in [1.82, 2.24) is 14.8 Å². The van der Waals surface area contributed by atoms with Gasteiger partial charge in [0.1, 0.15) is 17.0 Å². The summed E-state index contributed by atoms with van der Waals surface area (Å²) in [6.07, 6.45) is 6.38. The maximum absolute atomic E-state index is 13.9. The quantitative estimate of drug-likeness (QED) is 0.508. The Morgan fingerprint density at radius 3 is 2.53 bits per heavy atom. The fourth-order valence-corrected chi connectivity index (χ4v) is 5.45. The van der Waals surface area contributed by atoms with Crippen molar-refractivity contribution in [3.63, 3.8) is 0 Å². The van der Waals surface area contributed by atoms with E-state index >= 15 is 0 Å². The van der Waals surface area contributed by atoms with Gasteiger partial charge < -0.3 is 28.7 Å². The van der Waals surface area contributed by atoms with Gasteiger partial charge in [-0.25, -0.2) is 0 Å². The summed E-state index contributed by atoms with van der Waals surface area (Å²) < 4.78 is 18.3. The molecule has 8 heteroatoms. The standard InChI is InChI=1S/C28H33N3O5/c1-28(27(33)29-20-7-4-5-8-20)18-30-21(23-9-6-16-36-23)11-12-22(30)26(32)31(28)15-14-19-10-13-24(34-2)25(17-19)35-3/h6,9-13,16-17,20H,4-5,7-8,14-15,18H2,1-3H3,(H,29,33)/t28-/m1/s1. The van der Waals surface area contributed by atoms with Crippen LogP contribution in [0.1, 0.15) is 48.7 Å². The van der Waals surface area contributed by atoms with Gasteiger partial charge in [-0.2, -0.15) is 0 Å². The smallest absolute Gasteiger partial charge is 0.271 e. The summed E-state index contributed by atoms with van der Waals surface area (Å²) in [5.41, 5.74) is 1.29. The van der Waals surface area contributed by atoms with E-state index in [0.29, 0.717) is 42.5 Å². The van der Waals surface area contributed by atoms with E-state index in [0.717, 1.165) is 36.9 Å². The summed E-state index contributed by atoms with van der Waals surface area (Å²) in [5.74, 6) is 1.69. The molecular formula is C28H33N3O5. The third-order valence-corrected chi connectivity index (χ3v) is 7.53. The molecule has 0 bridgehead atoms. The van der Waals surface area contributed by atoms with Crippen molar-refractivity contribution in [3.05, 3.63) is 60.0 Å². The fraction of sp³-hybridized carbons (Fsp3) is 0.429. The number of carbonyl (C=O) groups excluding carboxylic acids is 2. The van der Waals surface area contributed by atoms with Crippen molar-refractivity contribution in [2.75, 3.05) is 20.8 Å². The molecule has 8 nitrogen and oxygen atoms in total. The van der Waals surface area contributed by atoms with Crippen molar-refractivity contribution in [2.24, 2.45) is 0 Å². The number of furan rings is 1. The highest BCUT2D eigenvalue weighted by Gasteiger charge is 2.48. The molecule has 1 aliphatic heterocycles. The molecule has 3 heterocycles. The van der Waals surface area contributed by atoms with Gasteiger partial charge in [-0.3, -0.25) is 9.59 Å². The molecule has 0 spiro atoms. The van der Waals surface area contributed by atoms with E-state index in [1.165, 1.54) is 0 Å². The highest BCUT2D eigenvalue weighted by Crippen LogP contribution is 2.34. The van der Waals surface area contributed by atoms with Gasteiger partial charge in [0.25, 0.3) is 5.91 Å². The van der Waals surface area contributed by atoms with Crippen molar-refractivity contribution in [1.29, 1.82) is 0 Å². The Morgan fingerprint density at radius 2 is 1.83 bits per heavy atom. The Balaban J connectivity index is 1.47. The number of benzene rings is 1. The van der Waals surface area contributed by atoms with Crippen LogP contribution in [-0.4, -0.2) is 53.6 Å². The van der Waals surface area contributed by atoms with E-state index in [-0.39, 0.29) is 17.9 Å². The van der Waals surface area contributed by atoms with Crippen LogP contribution in [0.4, 0.5) is 0 Å². The fourth-order valence-electron chi connectivity index (χ4n) is 5.45. The van der Waals surface area contributed by atoms with Crippen LogP contribution < -0.4 is 14.8 Å². The minimum absolute atomic E-state index is 0.111. The number of nitrogens with one attached hydrogen (secondary N) is 1. The third kappa shape index (κ3) is 4.25. The lowest BCUT2D eigenvalue weighted by Crippen LogP contribution is -2.65. The lowest BCUT2D eigenvalue weighted by molar-refractivity contribution is -0.133. The Kier molecular flexibility index (Phi) is 6.51. The predicted octanol–water partition coefficient (Wildman–Crippen LogP) is 4.28. The topological polar surface area (TPSA) is 85.9 Å². The maximum atomic E-state index is 13.9. The molecule has 1 atom stereocenters. The average molecular weight is 492 g/mol. The van der Waals surface area contributed by atoms with E-state index in [1.807, 2.05) is 54.0 Å². The summed E-state index contributed by atoms with van der Waals surface area (Å²) in [5, 5.41) is 3.24. The lowest BCUT2D eigenvalue weighted by Gasteiger charge is -2.44. The van der Waals surface area contributed by atoms with Gasteiger partial charge in [0, 0.05) is 12.6 Å². The van der Waals surface area contributed by atoms with Gasteiger partial charge in [0.05, 0.1) is 32.7 Å². The van der Waals surface area contributed by atoms with Crippen LogP contribution in [0.25, 0.3) is 11.5 Å². The third-order valence-electron chi connectivity index (χ3n) is 7.53. The first kappa shape index (κ1) is 24.0. The monoisotopic (exact) mass is 491 g/mol. The highest BCUT2D eigenvalue weighted by atomic mass is 16.5. The lowest BCUT2D eigenvalue weighted by atomic mass is 9.93. The second-order valence-corrected chi connectivity index (χ2v) is 9.79. The summed E-state index contributed by atoms with van der Waals surface area (Å²) in [6.45, 7) is 2.62. The largest absolute Gasteiger partial charge is 0.493 e. The number of amides is 2. The number of hydrogen-bond acceptors (Lipinski definition) is 5. The minimum Gasteiger partial charge on any atom is -0.493 e. The number of carbonyl (C=O) groups is 2. The van der Waals surface area contributed by atoms with E-state index < -0.39 is 5.54 Å². The molecule has 1 fully saturated rings. The van der Waals surface area contributed by atoms with E-state index in [2.05, 4.69) is 5.32 Å². The molecule has 1 saturated carbocycles. The van der Waals surface area contributed by atoms with Crippen LogP contribution in [0.15, 0.2) is 53.1 Å². The zero-order valence-corrected chi connectivity index (χ0v) is 21.1. The first-order valence-corrected chi connectivity index (χ1v) is 12.5. The van der Waals surface area contributed by atoms with Crippen LogP contribution >= 0.6 is 0 Å². The number of rotatable bonds is 8. The van der Waals surface area contributed by atoms with Crippen LogP contribution in [0.2, 0.25) is 0 Å². The molecule has 3 aromatic rings. The molecule has 2 aromatic heterocycles. The molecule has 2 aliphatic rings. The number of nitrogens with zero attached hydrogens (tertiary/aromatic N) is 2. The van der Waals surface area contributed by atoms with Crippen molar-refractivity contribution >= 4 is 11.8 Å². The van der Waals surface area contributed by atoms with Gasteiger partial charge in [0.2, 0.25) is 5.91 Å². The molecule has 190 valence electrons. The zero-order valence-electron chi connectivity index (χ0n) is 21.1.